The van der Waals surface area contributed by atoms with Gasteiger partial charge in [0.25, 0.3) is 0 Å². The fraction of sp³-hybridized carbons (Fsp3) is 0.571. The average Bonchev–Trinajstić information content (AvgIpc) is 2.50. The summed E-state index contributed by atoms with van der Waals surface area (Å²) in [6.45, 7) is 0. The van der Waals surface area contributed by atoms with Crippen LogP contribution in [0.2, 0.25) is 0 Å². The first-order valence-corrected chi connectivity index (χ1v) is 3.81. The lowest BCUT2D eigenvalue weighted by Gasteiger charge is -2.08. The Kier molecular flexibility index (Phi) is 2.76. The van der Waals surface area contributed by atoms with Crippen LogP contribution in [-0.2, 0) is 14.3 Å². The molecule has 1 aliphatic heterocycles. The first-order valence-electron chi connectivity index (χ1n) is 3.27. The summed E-state index contributed by atoms with van der Waals surface area (Å²) in [4.78, 5) is 10.9. The van der Waals surface area contributed by atoms with Gasteiger partial charge in [-0.3, -0.25) is 0 Å². The molecule has 3 nitrogen and oxygen atoms in total. The normalized spacial score (nSPS) is 22.4. The minimum Gasteiger partial charge on any atom is -0.482 e. The molecule has 0 aliphatic carbocycles. The van der Waals surface area contributed by atoms with Crippen molar-refractivity contribution in [2.45, 2.75) is 12.5 Å². The zero-order chi connectivity index (χ0) is 8.27. The van der Waals surface area contributed by atoms with E-state index in [4.69, 9.17) is 16.3 Å². The van der Waals surface area contributed by atoms with Gasteiger partial charge < -0.3 is 9.47 Å². The molecule has 1 unspecified atom stereocenters. The predicted octanol–water partition coefficient (Wildman–Crippen LogP) is 1.07. The van der Waals surface area contributed by atoms with Gasteiger partial charge in [-0.2, -0.15) is 0 Å². The van der Waals surface area contributed by atoms with Gasteiger partial charge in [0.1, 0.15) is 5.76 Å². The number of hydrogen-bond donors (Lipinski definition) is 0. The number of rotatable bonds is 2. The second kappa shape index (κ2) is 3.62. The maximum atomic E-state index is 10.9. The molecule has 0 fully saturated rings. The molecular weight excluding hydrogens is 168 g/mol. The number of esters is 1. The van der Waals surface area contributed by atoms with Crippen molar-refractivity contribution in [3.63, 3.8) is 0 Å². The Morgan fingerprint density at radius 2 is 2.73 bits per heavy atom. The Morgan fingerprint density at radius 1 is 2.00 bits per heavy atom. The van der Waals surface area contributed by atoms with E-state index < -0.39 is 6.10 Å². The molecule has 62 valence electrons. The molecule has 0 saturated carbocycles. The van der Waals surface area contributed by atoms with Gasteiger partial charge in [-0.15, -0.1) is 11.6 Å². The minimum atomic E-state index is -0.478. The highest BCUT2D eigenvalue weighted by atomic mass is 35.5. The van der Waals surface area contributed by atoms with Gasteiger partial charge in [-0.1, -0.05) is 0 Å². The molecule has 0 radical (unpaired) electrons. The van der Waals surface area contributed by atoms with Crippen LogP contribution in [0, 0.1) is 0 Å². The van der Waals surface area contributed by atoms with Crippen LogP contribution in [0.4, 0.5) is 0 Å². The highest BCUT2D eigenvalue weighted by Crippen LogP contribution is 2.18. The van der Waals surface area contributed by atoms with E-state index in [-0.39, 0.29) is 5.97 Å². The summed E-state index contributed by atoms with van der Waals surface area (Å²) in [5.41, 5.74) is 0. The smallest absolute Gasteiger partial charge is 0.347 e. The van der Waals surface area contributed by atoms with E-state index >= 15 is 0 Å². The number of carbonyl (C=O) groups is 1. The third kappa shape index (κ3) is 1.87. The van der Waals surface area contributed by atoms with Crippen molar-refractivity contribution < 1.29 is 14.3 Å². The predicted molar refractivity (Wildman–Crippen MR) is 40.3 cm³/mol. The van der Waals surface area contributed by atoms with E-state index in [1.165, 1.54) is 7.11 Å². The standard InChI is InChI=1S/C7H9ClO3/c1-10-7(9)6-3-2-5(4-8)11-6/h2,6H,3-4H2,1H3. The van der Waals surface area contributed by atoms with Crippen LogP contribution in [0.25, 0.3) is 0 Å². The van der Waals surface area contributed by atoms with Crippen molar-refractivity contribution in [1.29, 1.82) is 0 Å². The van der Waals surface area contributed by atoms with Crippen LogP contribution in [0.15, 0.2) is 11.8 Å². The summed E-state index contributed by atoms with van der Waals surface area (Å²) in [7, 11) is 1.34. The van der Waals surface area contributed by atoms with E-state index in [9.17, 15) is 4.79 Å². The van der Waals surface area contributed by atoms with Gasteiger partial charge in [0.2, 0.25) is 0 Å². The second-order valence-electron chi connectivity index (χ2n) is 2.17. The van der Waals surface area contributed by atoms with Gasteiger partial charge in [0.15, 0.2) is 6.10 Å². The van der Waals surface area contributed by atoms with Crippen molar-refractivity contribution >= 4 is 17.6 Å². The van der Waals surface area contributed by atoms with Crippen molar-refractivity contribution in [2.75, 3.05) is 13.0 Å². The SMILES string of the molecule is COC(=O)C1CC=C(CCl)O1. The molecule has 4 heteroatoms. The summed E-state index contributed by atoms with van der Waals surface area (Å²) in [5, 5.41) is 0. The Labute approximate surface area is 69.9 Å². The first kappa shape index (κ1) is 8.40. The molecular formula is C7H9ClO3. The molecule has 1 aliphatic rings. The van der Waals surface area contributed by atoms with Crippen molar-refractivity contribution in [3.8, 4) is 0 Å². The molecule has 0 aromatic carbocycles. The quantitative estimate of drug-likeness (QED) is 0.467. The van der Waals surface area contributed by atoms with Gasteiger partial charge >= 0.3 is 5.97 Å². The molecule has 0 bridgehead atoms. The van der Waals surface area contributed by atoms with Crippen LogP contribution < -0.4 is 0 Å². The largest absolute Gasteiger partial charge is 0.482 e. The summed E-state index contributed by atoms with van der Waals surface area (Å²) >= 11 is 5.48. The lowest BCUT2D eigenvalue weighted by molar-refractivity contribution is -0.150. The van der Waals surface area contributed by atoms with Gasteiger partial charge in [0.05, 0.1) is 13.0 Å². The van der Waals surface area contributed by atoms with Gasteiger partial charge in [0, 0.05) is 6.42 Å². The van der Waals surface area contributed by atoms with Crippen molar-refractivity contribution in [1.82, 2.24) is 0 Å². The fourth-order valence-corrected chi connectivity index (χ4v) is 1.05. The van der Waals surface area contributed by atoms with Crippen LogP contribution in [0.3, 0.4) is 0 Å². The Balaban J connectivity index is 2.41. The summed E-state index contributed by atoms with van der Waals surface area (Å²) in [6, 6.07) is 0. The van der Waals surface area contributed by atoms with Gasteiger partial charge in [-0.05, 0) is 6.08 Å². The summed E-state index contributed by atoms with van der Waals surface area (Å²) in [5.74, 6) is 0.622. The molecule has 0 N–H and O–H groups in total. The lowest BCUT2D eigenvalue weighted by Crippen LogP contribution is -2.21. The molecule has 1 atom stereocenters. The van der Waals surface area contributed by atoms with E-state index in [0.717, 1.165) is 0 Å². The van der Waals surface area contributed by atoms with Crippen LogP contribution in [0.5, 0.6) is 0 Å². The number of alkyl halides is 1. The maximum Gasteiger partial charge on any atom is 0.347 e. The van der Waals surface area contributed by atoms with E-state index in [1.54, 1.807) is 6.08 Å². The Bertz CT molecular complexity index is 188. The molecule has 0 aromatic rings. The van der Waals surface area contributed by atoms with Crippen LogP contribution in [-0.4, -0.2) is 25.1 Å². The molecule has 1 rings (SSSR count). The van der Waals surface area contributed by atoms with Crippen molar-refractivity contribution in [2.24, 2.45) is 0 Å². The molecule has 0 amide bonds. The number of ether oxygens (including phenoxy) is 2. The third-order valence-corrected chi connectivity index (χ3v) is 1.71. The van der Waals surface area contributed by atoms with Crippen molar-refractivity contribution in [3.05, 3.63) is 11.8 Å². The van der Waals surface area contributed by atoms with E-state index in [1.807, 2.05) is 0 Å². The number of hydrogen-bond acceptors (Lipinski definition) is 3. The van der Waals surface area contributed by atoms with Gasteiger partial charge in [-0.25, -0.2) is 4.79 Å². The summed E-state index contributed by atoms with van der Waals surface area (Å²) in [6.07, 6.45) is 1.89. The zero-order valence-electron chi connectivity index (χ0n) is 6.17. The van der Waals surface area contributed by atoms with E-state index in [2.05, 4.69) is 4.74 Å². The number of methoxy groups -OCH3 is 1. The topological polar surface area (TPSA) is 35.5 Å². The second-order valence-corrected chi connectivity index (χ2v) is 2.44. The molecule has 1 heterocycles. The monoisotopic (exact) mass is 176 g/mol. The number of carbonyl (C=O) groups excluding carboxylic acids is 1. The molecule has 0 spiro atoms. The number of allylic oxidation sites excluding steroid dienone is 1. The highest BCUT2D eigenvalue weighted by Gasteiger charge is 2.25. The zero-order valence-corrected chi connectivity index (χ0v) is 6.93. The van der Waals surface area contributed by atoms with Crippen LogP contribution in [0.1, 0.15) is 6.42 Å². The molecule has 0 saturated heterocycles. The summed E-state index contributed by atoms with van der Waals surface area (Å²) < 4.78 is 9.60. The Morgan fingerprint density at radius 3 is 3.18 bits per heavy atom. The third-order valence-electron chi connectivity index (χ3n) is 1.45. The number of halogens is 1. The highest BCUT2D eigenvalue weighted by molar-refractivity contribution is 6.19. The fourth-order valence-electron chi connectivity index (χ4n) is 0.879. The molecule has 0 aromatic heterocycles. The molecule has 11 heavy (non-hydrogen) atoms. The average molecular weight is 177 g/mol. The first-order chi connectivity index (χ1) is 5.27. The maximum absolute atomic E-state index is 10.9. The van der Waals surface area contributed by atoms with E-state index in [0.29, 0.717) is 18.1 Å². The van der Waals surface area contributed by atoms with Crippen LogP contribution >= 0.6 is 11.6 Å². The minimum absolute atomic E-state index is 0.313. The Hall–Kier alpha value is -0.700. The lowest BCUT2D eigenvalue weighted by atomic mass is 10.3.